The SMILES string of the molecule is COc1c(O)c(CC(Br)CBr)cc2ccc(=O)oc12. The number of phenolic OH excluding ortho intramolecular Hbond substituents is 1. The Hall–Kier alpha value is -1.01. The lowest BCUT2D eigenvalue weighted by molar-refractivity contribution is 0.366. The first-order chi connectivity index (χ1) is 9.06. The predicted octanol–water partition coefficient (Wildman–Crippen LogP) is 3.21. The second-order valence-corrected chi connectivity index (χ2v) is 5.99. The van der Waals surface area contributed by atoms with E-state index >= 15 is 0 Å². The van der Waals surface area contributed by atoms with Crippen LogP contribution in [0, 0.1) is 0 Å². The largest absolute Gasteiger partial charge is 0.504 e. The zero-order valence-electron chi connectivity index (χ0n) is 10.2. The molecule has 0 saturated heterocycles. The Labute approximate surface area is 126 Å². The van der Waals surface area contributed by atoms with Crippen LogP contribution in [0.15, 0.2) is 27.4 Å². The summed E-state index contributed by atoms with van der Waals surface area (Å²) in [5.74, 6) is 0.203. The minimum Gasteiger partial charge on any atom is -0.504 e. The topological polar surface area (TPSA) is 59.7 Å². The molecule has 0 aliphatic carbocycles. The van der Waals surface area contributed by atoms with Crippen LogP contribution in [-0.4, -0.2) is 22.4 Å². The number of phenols is 1. The molecule has 2 rings (SSSR count). The molecule has 0 amide bonds. The highest BCUT2D eigenvalue weighted by Crippen LogP contribution is 2.38. The van der Waals surface area contributed by atoms with Gasteiger partial charge in [0.25, 0.3) is 0 Å². The number of hydrogen-bond donors (Lipinski definition) is 1. The first-order valence-electron chi connectivity index (χ1n) is 5.59. The Bertz CT molecular complexity index is 651. The van der Waals surface area contributed by atoms with E-state index in [9.17, 15) is 9.90 Å². The molecule has 1 N–H and O–H groups in total. The number of alkyl halides is 2. The Morgan fingerprint density at radius 3 is 2.84 bits per heavy atom. The number of hydrogen-bond acceptors (Lipinski definition) is 4. The van der Waals surface area contributed by atoms with Gasteiger partial charge in [-0.1, -0.05) is 31.9 Å². The molecule has 0 bridgehead atoms. The van der Waals surface area contributed by atoms with Crippen LogP contribution < -0.4 is 10.4 Å². The summed E-state index contributed by atoms with van der Waals surface area (Å²) < 4.78 is 10.2. The van der Waals surface area contributed by atoms with Gasteiger partial charge >= 0.3 is 5.63 Å². The molecule has 6 heteroatoms. The normalized spacial score (nSPS) is 12.6. The fourth-order valence-electron chi connectivity index (χ4n) is 1.87. The maximum Gasteiger partial charge on any atom is 0.336 e. The molecule has 1 aromatic carbocycles. The highest BCUT2D eigenvalue weighted by atomic mass is 79.9. The average Bonchev–Trinajstić information content (AvgIpc) is 2.40. The van der Waals surface area contributed by atoms with E-state index in [-0.39, 0.29) is 21.9 Å². The van der Waals surface area contributed by atoms with E-state index in [1.807, 2.05) is 0 Å². The van der Waals surface area contributed by atoms with Gasteiger partial charge in [-0.3, -0.25) is 0 Å². The van der Waals surface area contributed by atoms with Crippen LogP contribution in [0.3, 0.4) is 0 Å². The van der Waals surface area contributed by atoms with Gasteiger partial charge in [-0.25, -0.2) is 4.79 Å². The Morgan fingerprint density at radius 1 is 1.47 bits per heavy atom. The van der Waals surface area contributed by atoms with Gasteiger partial charge in [-0.2, -0.15) is 0 Å². The molecule has 0 radical (unpaired) electrons. The number of fused-ring (bicyclic) bond motifs is 1. The molecular formula is C13H12Br2O4. The molecule has 1 atom stereocenters. The second kappa shape index (κ2) is 5.96. The van der Waals surface area contributed by atoms with Crippen molar-refractivity contribution in [1.82, 2.24) is 0 Å². The quantitative estimate of drug-likeness (QED) is 0.642. The van der Waals surface area contributed by atoms with Crippen molar-refractivity contribution in [2.24, 2.45) is 0 Å². The van der Waals surface area contributed by atoms with Crippen LogP contribution in [0.4, 0.5) is 0 Å². The third-order valence-electron chi connectivity index (χ3n) is 2.73. The minimum atomic E-state index is -0.475. The number of benzene rings is 1. The molecule has 1 heterocycles. The first kappa shape index (κ1) is 14.4. The lowest BCUT2D eigenvalue weighted by Crippen LogP contribution is -2.05. The van der Waals surface area contributed by atoms with E-state index < -0.39 is 5.63 Å². The van der Waals surface area contributed by atoms with Crippen LogP contribution in [0.5, 0.6) is 11.5 Å². The highest BCUT2D eigenvalue weighted by Gasteiger charge is 2.17. The van der Waals surface area contributed by atoms with Crippen molar-refractivity contribution in [3.63, 3.8) is 0 Å². The number of methoxy groups -OCH3 is 1. The van der Waals surface area contributed by atoms with E-state index in [0.717, 1.165) is 16.3 Å². The van der Waals surface area contributed by atoms with Gasteiger partial charge in [0.1, 0.15) is 0 Å². The average molecular weight is 392 g/mol. The maximum atomic E-state index is 11.3. The molecule has 1 unspecified atom stereocenters. The van der Waals surface area contributed by atoms with Crippen molar-refractivity contribution in [2.75, 3.05) is 12.4 Å². The minimum absolute atomic E-state index is 0.00903. The third-order valence-corrected chi connectivity index (χ3v) is 5.03. The molecule has 0 saturated carbocycles. The van der Waals surface area contributed by atoms with Crippen LogP contribution in [0.2, 0.25) is 0 Å². The number of rotatable bonds is 4. The summed E-state index contributed by atoms with van der Waals surface area (Å²) in [5, 5.41) is 11.7. The molecule has 2 aromatic rings. The summed E-state index contributed by atoms with van der Waals surface area (Å²) in [5.41, 5.74) is 0.525. The van der Waals surface area contributed by atoms with E-state index in [1.54, 1.807) is 12.1 Å². The van der Waals surface area contributed by atoms with Crippen molar-refractivity contribution in [1.29, 1.82) is 0 Å². The fraction of sp³-hybridized carbons (Fsp3) is 0.308. The van der Waals surface area contributed by atoms with E-state index in [4.69, 9.17) is 9.15 Å². The van der Waals surface area contributed by atoms with Crippen molar-refractivity contribution in [3.8, 4) is 11.5 Å². The zero-order valence-corrected chi connectivity index (χ0v) is 13.3. The Balaban J connectivity index is 2.64. The predicted molar refractivity (Wildman–Crippen MR) is 80.9 cm³/mol. The van der Waals surface area contributed by atoms with E-state index in [0.29, 0.717) is 6.42 Å². The molecule has 0 fully saturated rings. The first-order valence-corrected chi connectivity index (χ1v) is 7.63. The Kier molecular flexibility index (Phi) is 4.52. The summed E-state index contributed by atoms with van der Waals surface area (Å²) in [6, 6.07) is 4.80. The van der Waals surface area contributed by atoms with Gasteiger partial charge in [0, 0.05) is 21.6 Å². The molecular weight excluding hydrogens is 380 g/mol. The number of ether oxygens (including phenoxy) is 1. The standard InChI is InChI=1S/C13H12Br2O4/c1-18-13-11(17)8(5-9(15)6-14)4-7-2-3-10(16)19-12(7)13/h2-4,9,17H,5-6H2,1H3. The molecule has 102 valence electrons. The summed E-state index contributed by atoms with van der Waals surface area (Å²) in [7, 11) is 1.43. The number of aromatic hydroxyl groups is 1. The molecule has 0 spiro atoms. The van der Waals surface area contributed by atoms with Crippen LogP contribution in [-0.2, 0) is 6.42 Å². The lowest BCUT2D eigenvalue weighted by atomic mass is 10.1. The third kappa shape index (κ3) is 2.95. The monoisotopic (exact) mass is 390 g/mol. The summed E-state index contributed by atoms with van der Waals surface area (Å²) in [6.07, 6.45) is 0.627. The molecule has 1 aromatic heterocycles. The van der Waals surface area contributed by atoms with Gasteiger partial charge in [0.2, 0.25) is 5.75 Å². The molecule has 4 nitrogen and oxygen atoms in total. The van der Waals surface area contributed by atoms with Crippen LogP contribution in [0.25, 0.3) is 11.0 Å². The van der Waals surface area contributed by atoms with E-state index in [1.165, 1.54) is 13.2 Å². The van der Waals surface area contributed by atoms with Crippen molar-refractivity contribution < 1.29 is 14.3 Å². The molecule has 0 aliphatic heterocycles. The maximum absolute atomic E-state index is 11.3. The highest BCUT2D eigenvalue weighted by molar-refractivity contribution is 9.12. The van der Waals surface area contributed by atoms with Crippen LogP contribution >= 0.6 is 31.9 Å². The molecule has 19 heavy (non-hydrogen) atoms. The Morgan fingerprint density at radius 2 is 2.21 bits per heavy atom. The van der Waals surface area contributed by atoms with Crippen molar-refractivity contribution >= 4 is 42.8 Å². The van der Waals surface area contributed by atoms with Crippen molar-refractivity contribution in [2.45, 2.75) is 11.2 Å². The lowest BCUT2D eigenvalue weighted by Gasteiger charge is -2.13. The summed E-state index contributed by atoms with van der Waals surface area (Å²) in [6.45, 7) is 0. The van der Waals surface area contributed by atoms with Gasteiger partial charge in [0.15, 0.2) is 11.3 Å². The van der Waals surface area contributed by atoms with Gasteiger partial charge in [-0.05, 0) is 24.1 Å². The zero-order chi connectivity index (χ0) is 14.0. The summed E-state index contributed by atoms with van der Waals surface area (Å²) in [4.78, 5) is 11.4. The number of halogens is 2. The fourth-order valence-corrected chi connectivity index (χ4v) is 2.44. The van der Waals surface area contributed by atoms with Gasteiger partial charge in [-0.15, -0.1) is 0 Å². The second-order valence-electron chi connectivity index (χ2n) is 4.05. The molecule has 0 aliphatic rings. The van der Waals surface area contributed by atoms with E-state index in [2.05, 4.69) is 31.9 Å². The summed E-state index contributed by atoms with van der Waals surface area (Å²) >= 11 is 6.87. The van der Waals surface area contributed by atoms with Gasteiger partial charge < -0.3 is 14.3 Å². The van der Waals surface area contributed by atoms with Gasteiger partial charge in [0.05, 0.1) is 7.11 Å². The van der Waals surface area contributed by atoms with Crippen molar-refractivity contribution in [3.05, 3.63) is 34.2 Å². The smallest absolute Gasteiger partial charge is 0.336 e. The van der Waals surface area contributed by atoms with Crippen LogP contribution in [0.1, 0.15) is 5.56 Å².